The summed E-state index contributed by atoms with van der Waals surface area (Å²) in [7, 11) is 0. The minimum Gasteiger partial charge on any atom is -0.507 e. The first-order valence-corrected chi connectivity index (χ1v) is 8.86. The lowest BCUT2D eigenvalue weighted by Gasteiger charge is -2.09. The molecule has 0 bridgehead atoms. The molecule has 2 aromatic carbocycles. The fourth-order valence-corrected chi connectivity index (χ4v) is 2.85. The number of fused-ring (bicyclic) bond motifs is 1. The van der Waals surface area contributed by atoms with E-state index in [4.69, 9.17) is 9.15 Å². The molecule has 1 N–H and O–H groups in total. The lowest BCUT2D eigenvalue weighted by molar-refractivity contribution is 0.308. The van der Waals surface area contributed by atoms with Crippen molar-refractivity contribution in [3.05, 3.63) is 58.8 Å². The zero-order valence-corrected chi connectivity index (χ0v) is 14.6. The van der Waals surface area contributed by atoms with Crippen molar-refractivity contribution >= 4 is 26.9 Å². The summed E-state index contributed by atoms with van der Waals surface area (Å²) in [4.78, 5) is 12.3. The zero-order valence-electron chi connectivity index (χ0n) is 13.0. The first-order chi connectivity index (χ1) is 11.7. The van der Waals surface area contributed by atoms with E-state index in [1.165, 1.54) is 12.1 Å². The maximum absolute atomic E-state index is 12.3. The van der Waals surface area contributed by atoms with Gasteiger partial charge < -0.3 is 14.3 Å². The van der Waals surface area contributed by atoms with Crippen molar-refractivity contribution in [2.75, 3.05) is 11.9 Å². The van der Waals surface area contributed by atoms with Crippen LogP contribution in [0.1, 0.15) is 12.8 Å². The molecule has 5 heteroatoms. The Morgan fingerprint density at radius 2 is 1.88 bits per heavy atom. The summed E-state index contributed by atoms with van der Waals surface area (Å²) in [6.45, 7) is 0.541. The number of hydrogen-bond acceptors (Lipinski definition) is 4. The second-order valence-electron chi connectivity index (χ2n) is 5.40. The minimum absolute atomic E-state index is 0.128. The Balaban J connectivity index is 2.00. The Kier molecular flexibility index (Phi) is 5.20. The average Bonchev–Trinajstić information content (AvgIpc) is 2.59. The topological polar surface area (TPSA) is 59.7 Å². The van der Waals surface area contributed by atoms with E-state index in [0.29, 0.717) is 23.7 Å². The third kappa shape index (κ3) is 3.62. The van der Waals surface area contributed by atoms with E-state index in [1.807, 2.05) is 30.3 Å². The van der Waals surface area contributed by atoms with Gasteiger partial charge >= 0.3 is 0 Å². The molecule has 1 heterocycles. The molecule has 3 rings (SSSR count). The molecule has 0 aliphatic heterocycles. The highest BCUT2D eigenvalue weighted by Crippen LogP contribution is 2.31. The summed E-state index contributed by atoms with van der Waals surface area (Å²) in [5.74, 6) is 0.822. The summed E-state index contributed by atoms with van der Waals surface area (Å²) >= 11 is 3.37. The van der Waals surface area contributed by atoms with Gasteiger partial charge in [-0.25, -0.2) is 0 Å². The van der Waals surface area contributed by atoms with Crippen molar-refractivity contribution in [3.63, 3.8) is 0 Å². The maximum Gasteiger partial charge on any atom is 0.197 e. The Morgan fingerprint density at radius 3 is 2.62 bits per heavy atom. The molecule has 3 aromatic rings. The molecular weight excluding hydrogens is 372 g/mol. The van der Waals surface area contributed by atoms with Crippen LogP contribution in [0.4, 0.5) is 0 Å². The van der Waals surface area contributed by atoms with Crippen molar-refractivity contribution < 1.29 is 14.3 Å². The molecule has 124 valence electrons. The number of phenolic OH excluding ortho intramolecular Hbond substituents is 1. The first kappa shape index (κ1) is 16.6. The van der Waals surface area contributed by atoms with E-state index in [-0.39, 0.29) is 16.6 Å². The molecule has 0 saturated heterocycles. The molecule has 1 aromatic heterocycles. The van der Waals surface area contributed by atoms with Crippen LogP contribution in [0.3, 0.4) is 0 Å². The number of alkyl halides is 1. The standard InChI is InChI=1S/C19H17BrO4/c20-8-4-5-9-23-14-10-15(21)19-16(22)12-17(24-18(19)11-14)13-6-2-1-3-7-13/h1-3,6-7,10-12,21H,4-5,8-9H2. The molecule has 0 aliphatic carbocycles. The number of rotatable bonds is 6. The second-order valence-corrected chi connectivity index (χ2v) is 6.19. The van der Waals surface area contributed by atoms with Gasteiger partial charge in [0.1, 0.15) is 28.2 Å². The van der Waals surface area contributed by atoms with Gasteiger partial charge in [-0.1, -0.05) is 46.3 Å². The molecular formula is C19H17BrO4. The van der Waals surface area contributed by atoms with Gasteiger partial charge in [0, 0.05) is 29.1 Å². The highest BCUT2D eigenvalue weighted by Gasteiger charge is 2.12. The fraction of sp³-hybridized carbons (Fsp3) is 0.211. The normalized spacial score (nSPS) is 10.9. The van der Waals surface area contributed by atoms with Crippen molar-refractivity contribution in [1.29, 1.82) is 0 Å². The molecule has 0 spiro atoms. The van der Waals surface area contributed by atoms with Gasteiger partial charge in [-0.15, -0.1) is 0 Å². The SMILES string of the molecule is O=c1cc(-c2ccccc2)oc2cc(OCCCCBr)cc(O)c12. The maximum atomic E-state index is 12.3. The number of unbranched alkanes of at least 4 members (excludes halogenated alkanes) is 1. The number of phenols is 1. The summed E-state index contributed by atoms with van der Waals surface area (Å²) in [5.41, 5.74) is 0.843. The number of aromatic hydroxyl groups is 1. The van der Waals surface area contributed by atoms with Crippen molar-refractivity contribution in [2.45, 2.75) is 12.8 Å². The van der Waals surface area contributed by atoms with Gasteiger partial charge in [0.05, 0.1) is 6.61 Å². The van der Waals surface area contributed by atoms with Crippen LogP contribution in [-0.2, 0) is 0 Å². The summed E-state index contributed by atoms with van der Waals surface area (Å²) in [6, 6.07) is 13.9. The van der Waals surface area contributed by atoms with Crippen LogP contribution >= 0.6 is 15.9 Å². The van der Waals surface area contributed by atoms with Gasteiger partial charge in [0.25, 0.3) is 0 Å². The molecule has 24 heavy (non-hydrogen) atoms. The summed E-state index contributed by atoms with van der Waals surface area (Å²) in [5, 5.41) is 11.2. The average molecular weight is 389 g/mol. The molecule has 0 saturated carbocycles. The fourth-order valence-electron chi connectivity index (χ4n) is 2.46. The number of halogens is 1. The molecule has 0 atom stereocenters. The van der Waals surface area contributed by atoms with E-state index in [2.05, 4.69) is 15.9 Å². The van der Waals surface area contributed by atoms with E-state index < -0.39 is 0 Å². The monoisotopic (exact) mass is 388 g/mol. The van der Waals surface area contributed by atoms with Gasteiger partial charge in [0.15, 0.2) is 5.43 Å². The van der Waals surface area contributed by atoms with E-state index in [0.717, 1.165) is 23.7 Å². The van der Waals surface area contributed by atoms with E-state index in [9.17, 15) is 9.90 Å². The van der Waals surface area contributed by atoms with Crippen LogP contribution in [-0.4, -0.2) is 17.0 Å². The van der Waals surface area contributed by atoms with Crippen LogP contribution in [0, 0.1) is 0 Å². The molecule has 0 amide bonds. The number of hydrogen-bond donors (Lipinski definition) is 1. The molecule has 0 aliphatic rings. The quantitative estimate of drug-likeness (QED) is 0.490. The second kappa shape index (κ2) is 7.53. The largest absolute Gasteiger partial charge is 0.507 e. The molecule has 0 radical (unpaired) electrons. The van der Waals surface area contributed by atoms with E-state index in [1.54, 1.807) is 6.07 Å². The summed E-state index contributed by atoms with van der Waals surface area (Å²) in [6.07, 6.45) is 1.91. The Bertz CT molecular complexity index is 887. The van der Waals surface area contributed by atoms with Crippen LogP contribution in [0.2, 0.25) is 0 Å². The predicted molar refractivity (Wildman–Crippen MR) is 98.1 cm³/mol. The highest BCUT2D eigenvalue weighted by molar-refractivity contribution is 9.09. The van der Waals surface area contributed by atoms with Crippen LogP contribution in [0.15, 0.2) is 57.7 Å². The van der Waals surface area contributed by atoms with Gasteiger partial charge in [-0.3, -0.25) is 4.79 Å². The summed E-state index contributed by atoms with van der Waals surface area (Å²) < 4.78 is 11.5. The lowest BCUT2D eigenvalue weighted by atomic mass is 10.1. The smallest absolute Gasteiger partial charge is 0.197 e. The third-order valence-electron chi connectivity index (χ3n) is 3.64. The van der Waals surface area contributed by atoms with Gasteiger partial charge in [0.2, 0.25) is 0 Å². The van der Waals surface area contributed by atoms with Crippen molar-refractivity contribution in [2.24, 2.45) is 0 Å². The molecule has 4 nitrogen and oxygen atoms in total. The Labute approximate surface area is 147 Å². The zero-order chi connectivity index (χ0) is 16.9. The Hall–Kier alpha value is -2.27. The molecule has 0 fully saturated rings. The first-order valence-electron chi connectivity index (χ1n) is 7.74. The number of ether oxygens (including phenoxy) is 1. The molecule has 0 unspecified atom stereocenters. The van der Waals surface area contributed by atoms with Crippen molar-refractivity contribution in [1.82, 2.24) is 0 Å². The number of benzene rings is 2. The van der Waals surface area contributed by atoms with Gasteiger partial charge in [-0.2, -0.15) is 0 Å². The van der Waals surface area contributed by atoms with Crippen molar-refractivity contribution in [3.8, 4) is 22.8 Å². The van der Waals surface area contributed by atoms with Crippen LogP contribution < -0.4 is 10.2 Å². The Morgan fingerprint density at radius 1 is 1.08 bits per heavy atom. The van der Waals surface area contributed by atoms with E-state index >= 15 is 0 Å². The third-order valence-corrected chi connectivity index (χ3v) is 4.20. The van der Waals surface area contributed by atoms with Crippen LogP contribution in [0.25, 0.3) is 22.3 Å². The lowest BCUT2D eigenvalue weighted by Crippen LogP contribution is -2.02. The van der Waals surface area contributed by atoms with Crippen LogP contribution in [0.5, 0.6) is 11.5 Å². The predicted octanol–water partition coefficient (Wildman–Crippen LogP) is 4.72. The van der Waals surface area contributed by atoms with Gasteiger partial charge in [-0.05, 0) is 12.8 Å². The highest BCUT2D eigenvalue weighted by atomic mass is 79.9. The minimum atomic E-state index is -0.279.